The van der Waals surface area contributed by atoms with E-state index >= 15 is 0 Å². The maximum absolute atomic E-state index is 5.59. The molecule has 0 saturated heterocycles. The van der Waals surface area contributed by atoms with Crippen LogP contribution in [0.3, 0.4) is 0 Å². The van der Waals surface area contributed by atoms with Crippen molar-refractivity contribution in [2.75, 3.05) is 13.7 Å². The van der Waals surface area contributed by atoms with Crippen molar-refractivity contribution in [3.05, 3.63) is 46.9 Å². The van der Waals surface area contributed by atoms with Gasteiger partial charge in [0.1, 0.15) is 5.75 Å². The van der Waals surface area contributed by atoms with Crippen molar-refractivity contribution in [3.63, 3.8) is 0 Å². The van der Waals surface area contributed by atoms with Crippen LogP contribution in [-0.2, 0) is 0 Å². The lowest BCUT2D eigenvalue weighted by Crippen LogP contribution is -2.21. The van der Waals surface area contributed by atoms with Crippen LogP contribution in [0.4, 0.5) is 0 Å². The zero-order chi connectivity index (χ0) is 15.6. The number of methoxy groups -OCH3 is 1. The number of hydrogen-bond donors (Lipinski definition) is 1. The molecule has 1 aromatic carbocycles. The molecule has 0 aliphatic carbocycles. The van der Waals surface area contributed by atoms with Gasteiger partial charge in [-0.05, 0) is 69.1 Å². The van der Waals surface area contributed by atoms with Crippen molar-refractivity contribution >= 4 is 59.1 Å². The van der Waals surface area contributed by atoms with Gasteiger partial charge in [-0.15, -0.1) is 11.3 Å². The maximum atomic E-state index is 5.59. The summed E-state index contributed by atoms with van der Waals surface area (Å²) in [4.78, 5) is 1.24. The fourth-order valence-corrected chi connectivity index (χ4v) is 4.69. The van der Waals surface area contributed by atoms with Crippen molar-refractivity contribution in [2.45, 2.75) is 19.9 Å². The molecule has 0 spiro atoms. The van der Waals surface area contributed by atoms with E-state index in [-0.39, 0.29) is 6.04 Å². The summed E-state index contributed by atoms with van der Waals surface area (Å²) in [5.41, 5.74) is 2.30. The molecule has 0 aliphatic rings. The molecule has 114 valence electrons. The summed E-state index contributed by atoms with van der Waals surface area (Å²) >= 11 is 12.5. The summed E-state index contributed by atoms with van der Waals surface area (Å²) in [5.74, 6) is 0.905. The van der Waals surface area contributed by atoms with E-state index in [9.17, 15) is 0 Å². The summed E-state index contributed by atoms with van der Waals surface area (Å²) in [6.07, 6.45) is 0. The summed E-state index contributed by atoms with van der Waals surface area (Å²) in [6.45, 7) is 5.06. The number of thiophene rings is 1. The number of aryl methyl sites for hydroxylation is 1. The molecule has 1 atom stereocenters. The van der Waals surface area contributed by atoms with E-state index in [0.29, 0.717) is 0 Å². The number of hydrogen-bond acceptors (Lipinski definition) is 3. The SMILES string of the molecule is CCNC(c1cc(Br)c(Br)s1)c1cc(Br)c(C)cc1OC. The van der Waals surface area contributed by atoms with E-state index in [1.165, 1.54) is 10.4 Å². The Morgan fingerprint density at radius 1 is 1.19 bits per heavy atom. The molecule has 0 bridgehead atoms. The lowest BCUT2D eigenvalue weighted by atomic mass is 10.0. The number of benzene rings is 1. The fraction of sp³-hybridized carbons (Fsp3) is 0.333. The van der Waals surface area contributed by atoms with Gasteiger partial charge in [-0.2, -0.15) is 0 Å². The summed E-state index contributed by atoms with van der Waals surface area (Å²) in [5, 5.41) is 3.55. The molecule has 6 heteroatoms. The zero-order valence-corrected chi connectivity index (χ0v) is 17.5. The first-order valence-corrected chi connectivity index (χ1v) is 9.69. The molecule has 1 unspecified atom stereocenters. The summed E-state index contributed by atoms with van der Waals surface area (Å²) < 4.78 is 8.86. The van der Waals surface area contributed by atoms with Gasteiger partial charge < -0.3 is 10.1 Å². The van der Waals surface area contributed by atoms with Crippen LogP contribution in [0.25, 0.3) is 0 Å². The average Bonchev–Trinajstić information content (AvgIpc) is 2.78. The molecule has 1 N–H and O–H groups in total. The van der Waals surface area contributed by atoms with E-state index in [1.807, 2.05) is 0 Å². The highest BCUT2D eigenvalue weighted by atomic mass is 79.9. The van der Waals surface area contributed by atoms with Gasteiger partial charge in [-0.1, -0.05) is 22.9 Å². The Bertz CT molecular complexity index is 623. The third kappa shape index (κ3) is 3.91. The number of halogens is 3. The highest BCUT2D eigenvalue weighted by Crippen LogP contribution is 2.41. The van der Waals surface area contributed by atoms with Crippen LogP contribution in [0.5, 0.6) is 5.75 Å². The predicted molar refractivity (Wildman–Crippen MR) is 101 cm³/mol. The molecule has 21 heavy (non-hydrogen) atoms. The van der Waals surface area contributed by atoms with E-state index in [0.717, 1.165) is 30.6 Å². The molecular weight excluding hydrogens is 482 g/mol. The van der Waals surface area contributed by atoms with E-state index in [2.05, 4.69) is 85.2 Å². The molecular formula is C15H16Br3NOS. The molecule has 2 rings (SSSR count). The molecule has 2 aromatic rings. The standard InChI is InChI=1S/C15H16Br3NOS/c1-4-19-14(13-7-11(17)15(18)21-13)9-6-10(16)8(2)5-12(9)20-3/h5-7,14,19H,4H2,1-3H3. The Morgan fingerprint density at radius 3 is 2.43 bits per heavy atom. The third-order valence-electron chi connectivity index (χ3n) is 3.18. The first-order chi connectivity index (χ1) is 9.97. The Balaban J connectivity index is 2.54. The fourth-order valence-electron chi connectivity index (χ4n) is 2.15. The highest BCUT2D eigenvalue weighted by Gasteiger charge is 2.21. The summed E-state index contributed by atoms with van der Waals surface area (Å²) in [6, 6.07) is 6.47. The van der Waals surface area contributed by atoms with Crippen molar-refractivity contribution in [3.8, 4) is 5.75 Å². The monoisotopic (exact) mass is 495 g/mol. The molecule has 1 heterocycles. The second-order valence-electron chi connectivity index (χ2n) is 4.60. The molecule has 1 aromatic heterocycles. The van der Waals surface area contributed by atoms with Crippen LogP contribution in [0, 0.1) is 6.92 Å². The van der Waals surface area contributed by atoms with Gasteiger partial charge in [-0.25, -0.2) is 0 Å². The van der Waals surface area contributed by atoms with Crippen LogP contribution < -0.4 is 10.1 Å². The predicted octanol–water partition coefficient (Wildman–Crippen LogP) is 6.05. The zero-order valence-electron chi connectivity index (χ0n) is 12.0. The lowest BCUT2D eigenvalue weighted by molar-refractivity contribution is 0.404. The van der Waals surface area contributed by atoms with Crippen LogP contribution >= 0.6 is 59.1 Å². The topological polar surface area (TPSA) is 21.3 Å². The molecule has 0 radical (unpaired) electrons. The number of ether oxygens (including phenoxy) is 1. The van der Waals surface area contributed by atoms with E-state index in [1.54, 1.807) is 18.4 Å². The quantitative estimate of drug-likeness (QED) is 0.542. The van der Waals surface area contributed by atoms with E-state index < -0.39 is 0 Å². The molecule has 0 saturated carbocycles. The van der Waals surface area contributed by atoms with Gasteiger partial charge in [0.2, 0.25) is 0 Å². The largest absolute Gasteiger partial charge is 0.496 e. The van der Waals surface area contributed by atoms with Crippen molar-refractivity contribution < 1.29 is 4.74 Å². The molecule has 2 nitrogen and oxygen atoms in total. The highest BCUT2D eigenvalue weighted by molar-refractivity contribution is 9.13. The van der Waals surface area contributed by atoms with Crippen molar-refractivity contribution in [1.29, 1.82) is 0 Å². The minimum atomic E-state index is 0.106. The Hall–Kier alpha value is 0.120. The van der Waals surface area contributed by atoms with E-state index in [4.69, 9.17) is 4.74 Å². The normalized spacial score (nSPS) is 12.5. The molecule has 0 fully saturated rings. The smallest absolute Gasteiger partial charge is 0.124 e. The third-order valence-corrected chi connectivity index (χ3v) is 7.35. The lowest BCUT2D eigenvalue weighted by Gasteiger charge is -2.21. The van der Waals surface area contributed by atoms with Crippen LogP contribution in [0.2, 0.25) is 0 Å². The van der Waals surface area contributed by atoms with Crippen molar-refractivity contribution in [2.24, 2.45) is 0 Å². The Labute approximate surface area is 154 Å². The second-order valence-corrected chi connectivity index (χ2v) is 8.71. The van der Waals surface area contributed by atoms with Gasteiger partial charge in [0.15, 0.2) is 0 Å². The minimum Gasteiger partial charge on any atom is -0.496 e. The first kappa shape index (κ1) is 17.5. The number of rotatable bonds is 5. The van der Waals surface area contributed by atoms with Gasteiger partial charge in [0.25, 0.3) is 0 Å². The second kappa shape index (κ2) is 7.59. The average molecular weight is 498 g/mol. The summed E-state index contributed by atoms with van der Waals surface area (Å²) in [7, 11) is 1.72. The molecule has 0 amide bonds. The van der Waals surface area contributed by atoms with Crippen molar-refractivity contribution in [1.82, 2.24) is 5.32 Å². The van der Waals surface area contributed by atoms with Crippen LogP contribution in [0.1, 0.15) is 29.0 Å². The van der Waals surface area contributed by atoms with Gasteiger partial charge in [-0.3, -0.25) is 0 Å². The van der Waals surface area contributed by atoms with Gasteiger partial charge in [0.05, 0.1) is 16.9 Å². The van der Waals surface area contributed by atoms with Crippen LogP contribution in [-0.4, -0.2) is 13.7 Å². The maximum Gasteiger partial charge on any atom is 0.124 e. The number of nitrogens with one attached hydrogen (secondary N) is 1. The van der Waals surface area contributed by atoms with Crippen LogP contribution in [0.15, 0.2) is 30.9 Å². The molecule has 0 aliphatic heterocycles. The minimum absolute atomic E-state index is 0.106. The van der Waals surface area contributed by atoms with Gasteiger partial charge in [0, 0.05) is 19.4 Å². The first-order valence-electron chi connectivity index (χ1n) is 6.50. The Morgan fingerprint density at radius 2 is 1.90 bits per heavy atom. The van der Waals surface area contributed by atoms with Gasteiger partial charge >= 0.3 is 0 Å². The Kier molecular flexibility index (Phi) is 6.32.